The van der Waals surface area contributed by atoms with Crippen LogP contribution in [-0.2, 0) is 19.4 Å². The van der Waals surface area contributed by atoms with E-state index < -0.39 is 26.9 Å². The highest BCUT2D eigenvalue weighted by molar-refractivity contribution is 7.91. The van der Waals surface area contributed by atoms with Crippen LogP contribution in [-0.4, -0.2) is 33.3 Å². The molecule has 0 unspecified atom stereocenters. The molecular formula is C19H24N2O4S2. The molecule has 0 spiro atoms. The van der Waals surface area contributed by atoms with E-state index in [2.05, 4.69) is 10.6 Å². The average Bonchev–Trinajstić information content (AvgIpc) is 3.15. The summed E-state index contributed by atoms with van der Waals surface area (Å²) in [6, 6.07) is 8.47. The molecule has 2 rings (SSSR count). The zero-order valence-corrected chi connectivity index (χ0v) is 17.2. The van der Waals surface area contributed by atoms with E-state index in [1.165, 1.54) is 11.3 Å². The summed E-state index contributed by atoms with van der Waals surface area (Å²) in [5.41, 5.74) is 1.88. The van der Waals surface area contributed by atoms with Crippen LogP contribution in [0.2, 0.25) is 0 Å². The molecule has 2 amide bonds. The normalized spacial score (nSPS) is 12.4. The Balaban J connectivity index is 2.26. The van der Waals surface area contributed by atoms with Crippen LogP contribution in [0.15, 0.2) is 40.6 Å². The van der Waals surface area contributed by atoms with Gasteiger partial charge < -0.3 is 10.6 Å². The van der Waals surface area contributed by atoms with Crippen molar-refractivity contribution in [3.8, 4) is 0 Å². The summed E-state index contributed by atoms with van der Waals surface area (Å²) in [5, 5.41) is 5.76. The maximum Gasteiger partial charge on any atom is 0.309 e. The van der Waals surface area contributed by atoms with Crippen molar-refractivity contribution in [1.82, 2.24) is 10.6 Å². The van der Waals surface area contributed by atoms with Crippen molar-refractivity contribution in [3.05, 3.63) is 51.7 Å². The SMILES string of the molecule is CCCNC(=O)C(=O)NC[C@H](c1cccs1)S(=O)(=O)c1ccc(C)c(C)c1. The molecule has 1 aromatic heterocycles. The molecule has 146 valence electrons. The molecule has 27 heavy (non-hydrogen) atoms. The second-order valence-electron chi connectivity index (χ2n) is 6.26. The predicted molar refractivity (Wildman–Crippen MR) is 106 cm³/mol. The van der Waals surface area contributed by atoms with Crippen molar-refractivity contribution >= 4 is 33.0 Å². The van der Waals surface area contributed by atoms with Crippen molar-refractivity contribution < 1.29 is 18.0 Å². The molecule has 0 saturated heterocycles. The summed E-state index contributed by atoms with van der Waals surface area (Å²) in [5.74, 6) is -1.59. The Morgan fingerprint density at radius 3 is 2.37 bits per heavy atom. The van der Waals surface area contributed by atoms with E-state index in [0.717, 1.165) is 11.1 Å². The maximum absolute atomic E-state index is 13.2. The number of carbonyl (C=O) groups is 2. The number of carbonyl (C=O) groups excluding carboxylic acids is 2. The van der Waals surface area contributed by atoms with Gasteiger partial charge in [0.05, 0.1) is 4.90 Å². The molecule has 2 N–H and O–H groups in total. The first-order chi connectivity index (χ1) is 12.8. The number of sulfone groups is 1. The summed E-state index contributed by atoms with van der Waals surface area (Å²) in [6.45, 7) is 5.86. The van der Waals surface area contributed by atoms with Crippen LogP contribution < -0.4 is 10.6 Å². The van der Waals surface area contributed by atoms with Crippen LogP contribution in [0.4, 0.5) is 0 Å². The van der Waals surface area contributed by atoms with Gasteiger partial charge in [0.2, 0.25) is 0 Å². The van der Waals surface area contributed by atoms with Crippen molar-refractivity contribution in [3.63, 3.8) is 0 Å². The fourth-order valence-electron chi connectivity index (χ4n) is 2.48. The van der Waals surface area contributed by atoms with Crippen LogP contribution in [0.3, 0.4) is 0 Å². The highest BCUT2D eigenvalue weighted by Crippen LogP contribution is 2.32. The number of hydrogen-bond acceptors (Lipinski definition) is 5. The lowest BCUT2D eigenvalue weighted by molar-refractivity contribution is -0.139. The molecule has 0 aliphatic rings. The molecule has 8 heteroatoms. The maximum atomic E-state index is 13.2. The van der Waals surface area contributed by atoms with Crippen LogP contribution in [0.1, 0.15) is 34.6 Å². The van der Waals surface area contributed by atoms with Gasteiger partial charge in [-0.25, -0.2) is 8.42 Å². The first-order valence-corrected chi connectivity index (χ1v) is 11.1. The van der Waals surface area contributed by atoms with Crippen molar-refractivity contribution in [1.29, 1.82) is 0 Å². The molecule has 0 aliphatic carbocycles. The zero-order chi connectivity index (χ0) is 20.0. The summed E-state index contributed by atoms with van der Waals surface area (Å²) < 4.78 is 26.4. The Morgan fingerprint density at radius 2 is 1.78 bits per heavy atom. The Morgan fingerprint density at radius 1 is 1.07 bits per heavy atom. The van der Waals surface area contributed by atoms with E-state index in [-0.39, 0.29) is 11.4 Å². The zero-order valence-electron chi connectivity index (χ0n) is 15.6. The van der Waals surface area contributed by atoms with Gasteiger partial charge in [0.15, 0.2) is 9.84 Å². The summed E-state index contributed by atoms with van der Waals surface area (Å²) in [7, 11) is -3.74. The van der Waals surface area contributed by atoms with Gasteiger partial charge in [0.25, 0.3) is 0 Å². The Labute approximate surface area is 163 Å². The largest absolute Gasteiger partial charge is 0.348 e. The molecule has 0 saturated carbocycles. The van der Waals surface area contributed by atoms with E-state index in [4.69, 9.17) is 0 Å². The van der Waals surface area contributed by atoms with Crippen LogP contribution >= 0.6 is 11.3 Å². The number of rotatable bonds is 7. The van der Waals surface area contributed by atoms with E-state index in [9.17, 15) is 18.0 Å². The molecular weight excluding hydrogens is 384 g/mol. The lowest BCUT2D eigenvalue weighted by Gasteiger charge is -2.18. The van der Waals surface area contributed by atoms with Gasteiger partial charge >= 0.3 is 11.8 Å². The topological polar surface area (TPSA) is 92.3 Å². The first kappa shape index (κ1) is 21.1. The second kappa shape index (κ2) is 9.14. The molecule has 2 aromatic rings. The van der Waals surface area contributed by atoms with Gasteiger partial charge in [-0.2, -0.15) is 0 Å². The van der Waals surface area contributed by atoms with E-state index in [1.807, 2.05) is 20.8 Å². The summed E-state index contributed by atoms with van der Waals surface area (Å²) >= 11 is 1.30. The molecule has 0 aliphatic heterocycles. The highest BCUT2D eigenvalue weighted by atomic mass is 32.2. The van der Waals surface area contributed by atoms with E-state index in [0.29, 0.717) is 17.8 Å². The number of amides is 2. The van der Waals surface area contributed by atoms with Crippen LogP contribution in [0, 0.1) is 13.8 Å². The quantitative estimate of drug-likeness (QED) is 0.689. The summed E-state index contributed by atoms with van der Waals surface area (Å²) in [6.07, 6.45) is 0.706. The van der Waals surface area contributed by atoms with Crippen LogP contribution in [0.5, 0.6) is 0 Å². The minimum Gasteiger partial charge on any atom is -0.348 e. The first-order valence-electron chi connectivity index (χ1n) is 8.68. The Bertz CT molecular complexity index is 906. The lowest BCUT2D eigenvalue weighted by Crippen LogP contribution is -2.42. The molecule has 1 aromatic carbocycles. The monoisotopic (exact) mass is 408 g/mol. The number of thiophene rings is 1. The van der Waals surface area contributed by atoms with Gasteiger partial charge in [-0.15, -0.1) is 11.3 Å². The third-order valence-electron chi connectivity index (χ3n) is 4.23. The smallest absolute Gasteiger partial charge is 0.309 e. The predicted octanol–water partition coefficient (Wildman–Crippen LogP) is 2.52. The van der Waals surface area contributed by atoms with Gasteiger partial charge in [0.1, 0.15) is 5.25 Å². The minimum atomic E-state index is -3.74. The van der Waals surface area contributed by atoms with Crippen molar-refractivity contribution in [2.45, 2.75) is 37.3 Å². The Kier molecular flexibility index (Phi) is 7.15. The number of hydrogen-bond donors (Lipinski definition) is 2. The standard InChI is InChI=1S/C19H24N2O4S2/c1-4-9-20-18(22)19(23)21-12-17(16-6-5-10-26-16)27(24,25)15-8-7-13(2)14(3)11-15/h5-8,10-11,17H,4,9,12H2,1-3H3,(H,20,22)(H,21,23)/t17-/m1/s1. The number of nitrogens with one attached hydrogen (secondary N) is 2. The molecule has 0 radical (unpaired) electrons. The lowest BCUT2D eigenvalue weighted by atomic mass is 10.1. The minimum absolute atomic E-state index is 0.172. The van der Waals surface area contributed by atoms with Crippen molar-refractivity contribution in [2.24, 2.45) is 0 Å². The molecule has 1 atom stereocenters. The highest BCUT2D eigenvalue weighted by Gasteiger charge is 2.31. The molecule has 0 fully saturated rings. The summed E-state index contributed by atoms with van der Waals surface area (Å²) in [4.78, 5) is 24.5. The average molecular weight is 409 g/mol. The van der Waals surface area contributed by atoms with E-state index in [1.54, 1.807) is 35.7 Å². The van der Waals surface area contributed by atoms with Gasteiger partial charge in [0, 0.05) is 18.0 Å². The molecule has 0 bridgehead atoms. The third kappa shape index (κ3) is 5.17. The Hall–Kier alpha value is -2.19. The molecule has 6 nitrogen and oxygen atoms in total. The molecule has 1 heterocycles. The fourth-order valence-corrected chi connectivity index (χ4v) is 5.34. The van der Waals surface area contributed by atoms with Crippen LogP contribution in [0.25, 0.3) is 0 Å². The fraction of sp³-hybridized carbons (Fsp3) is 0.368. The van der Waals surface area contributed by atoms with Gasteiger partial charge in [-0.3, -0.25) is 9.59 Å². The van der Waals surface area contributed by atoms with Crippen molar-refractivity contribution in [2.75, 3.05) is 13.1 Å². The number of aryl methyl sites for hydroxylation is 2. The number of benzene rings is 1. The van der Waals surface area contributed by atoms with E-state index >= 15 is 0 Å². The van der Waals surface area contributed by atoms with Gasteiger partial charge in [-0.1, -0.05) is 19.1 Å². The second-order valence-corrected chi connectivity index (χ2v) is 9.37. The van der Waals surface area contributed by atoms with Gasteiger partial charge in [-0.05, 0) is 55.0 Å². The third-order valence-corrected chi connectivity index (χ3v) is 7.45.